The van der Waals surface area contributed by atoms with Crippen LogP contribution in [0.2, 0.25) is 0 Å². The number of amides is 1. The van der Waals surface area contributed by atoms with E-state index in [2.05, 4.69) is 15.9 Å². The third-order valence-electron chi connectivity index (χ3n) is 3.05. The van der Waals surface area contributed by atoms with Gasteiger partial charge in [0.25, 0.3) is 0 Å². The van der Waals surface area contributed by atoms with Gasteiger partial charge in [-0.05, 0) is 28.1 Å². The van der Waals surface area contributed by atoms with Crippen LogP contribution in [0.5, 0.6) is 0 Å². The Hall–Kier alpha value is -1.55. The summed E-state index contributed by atoms with van der Waals surface area (Å²) in [5.41, 5.74) is -0.701. The van der Waals surface area contributed by atoms with Gasteiger partial charge in [-0.1, -0.05) is 0 Å². The summed E-state index contributed by atoms with van der Waals surface area (Å²) in [5.74, 6) is -3.04. The van der Waals surface area contributed by atoms with Gasteiger partial charge in [-0.25, -0.2) is 9.18 Å². The standard InChI is InChI=1S/C11H8BrF2NO5S/c12-7-2-6(11(17)18)9(3-8(7)13)15-4-5(1-10(15)16)21(14,19)20/h2-3,5H,1,4H2,(H,17,18). The first-order valence-corrected chi connectivity index (χ1v) is 7.81. The van der Waals surface area contributed by atoms with Crippen LogP contribution in [0.15, 0.2) is 16.6 Å². The summed E-state index contributed by atoms with van der Waals surface area (Å²) >= 11 is 2.82. The van der Waals surface area contributed by atoms with E-state index in [1.54, 1.807) is 0 Å². The van der Waals surface area contributed by atoms with E-state index in [-0.39, 0.29) is 10.2 Å². The van der Waals surface area contributed by atoms with Crippen molar-refractivity contribution in [3.05, 3.63) is 28.0 Å². The molecule has 0 aromatic heterocycles. The molecule has 1 saturated heterocycles. The van der Waals surface area contributed by atoms with Crippen LogP contribution in [0.4, 0.5) is 14.0 Å². The van der Waals surface area contributed by atoms with Crippen LogP contribution < -0.4 is 4.90 Å². The topological polar surface area (TPSA) is 91.8 Å². The second kappa shape index (κ2) is 5.34. The molecule has 0 spiro atoms. The highest BCUT2D eigenvalue weighted by Crippen LogP contribution is 2.32. The maximum atomic E-state index is 13.6. The van der Waals surface area contributed by atoms with Crippen molar-refractivity contribution in [2.24, 2.45) is 0 Å². The smallest absolute Gasteiger partial charge is 0.337 e. The van der Waals surface area contributed by atoms with Gasteiger partial charge in [-0.3, -0.25) is 4.79 Å². The molecule has 0 bridgehead atoms. The summed E-state index contributed by atoms with van der Waals surface area (Å²) in [7, 11) is -4.94. The third kappa shape index (κ3) is 3.05. The van der Waals surface area contributed by atoms with Crippen molar-refractivity contribution in [2.75, 3.05) is 11.4 Å². The van der Waals surface area contributed by atoms with E-state index in [1.807, 2.05) is 0 Å². The van der Waals surface area contributed by atoms with Gasteiger partial charge in [-0.2, -0.15) is 8.42 Å². The number of hydrogen-bond acceptors (Lipinski definition) is 4. The predicted octanol–water partition coefficient (Wildman–Crippen LogP) is 1.69. The van der Waals surface area contributed by atoms with Crippen LogP contribution in [0.3, 0.4) is 0 Å². The molecule has 1 amide bonds. The Labute approximate surface area is 126 Å². The second-order valence-corrected chi connectivity index (χ2v) is 6.87. The number of aromatic carboxylic acids is 1. The minimum Gasteiger partial charge on any atom is -0.478 e. The summed E-state index contributed by atoms with van der Waals surface area (Å²) in [6.45, 7) is -0.557. The molecule has 1 aliphatic rings. The van der Waals surface area contributed by atoms with Crippen molar-refractivity contribution in [3.63, 3.8) is 0 Å². The largest absolute Gasteiger partial charge is 0.478 e. The monoisotopic (exact) mass is 383 g/mol. The van der Waals surface area contributed by atoms with Crippen molar-refractivity contribution in [3.8, 4) is 0 Å². The van der Waals surface area contributed by atoms with E-state index >= 15 is 0 Å². The molecule has 10 heteroatoms. The van der Waals surface area contributed by atoms with Gasteiger partial charge in [0.05, 0.1) is 15.7 Å². The third-order valence-corrected chi connectivity index (χ3v) is 4.77. The summed E-state index contributed by atoms with van der Waals surface area (Å²) in [5, 5.41) is 7.49. The molecule has 1 fully saturated rings. The number of carboxylic acids is 1. The Morgan fingerprint density at radius 1 is 1.43 bits per heavy atom. The van der Waals surface area contributed by atoms with Crippen molar-refractivity contribution in [2.45, 2.75) is 11.7 Å². The number of hydrogen-bond donors (Lipinski definition) is 1. The molecular weight excluding hydrogens is 376 g/mol. The minimum atomic E-state index is -4.94. The van der Waals surface area contributed by atoms with E-state index in [9.17, 15) is 26.3 Å². The number of anilines is 1. The van der Waals surface area contributed by atoms with Gasteiger partial charge in [0, 0.05) is 13.0 Å². The Kier molecular flexibility index (Phi) is 4.02. The Morgan fingerprint density at radius 3 is 2.52 bits per heavy atom. The Morgan fingerprint density at radius 2 is 2.05 bits per heavy atom. The number of halogens is 3. The zero-order chi connectivity index (χ0) is 15.9. The fraction of sp³-hybridized carbons (Fsp3) is 0.273. The Bertz CT molecular complexity index is 736. The van der Waals surface area contributed by atoms with E-state index in [1.165, 1.54) is 0 Å². The molecule has 114 valence electrons. The molecule has 0 saturated carbocycles. The fourth-order valence-corrected chi connectivity index (χ4v) is 3.04. The van der Waals surface area contributed by atoms with E-state index in [4.69, 9.17) is 5.11 Å². The molecule has 1 aromatic carbocycles. The van der Waals surface area contributed by atoms with Crippen LogP contribution in [0.1, 0.15) is 16.8 Å². The molecular formula is C11H8BrF2NO5S. The zero-order valence-corrected chi connectivity index (χ0v) is 12.6. The van der Waals surface area contributed by atoms with Crippen LogP contribution in [0.25, 0.3) is 0 Å². The highest BCUT2D eigenvalue weighted by molar-refractivity contribution is 9.10. The normalized spacial score (nSPS) is 19.1. The minimum absolute atomic E-state index is 0.120. The van der Waals surface area contributed by atoms with Crippen LogP contribution >= 0.6 is 15.9 Å². The molecule has 21 heavy (non-hydrogen) atoms. The van der Waals surface area contributed by atoms with Crippen molar-refractivity contribution >= 4 is 43.7 Å². The fourth-order valence-electron chi connectivity index (χ4n) is 2.03. The molecule has 6 nitrogen and oxygen atoms in total. The molecule has 0 radical (unpaired) electrons. The highest BCUT2D eigenvalue weighted by Gasteiger charge is 2.40. The number of benzene rings is 1. The SMILES string of the molecule is O=C(O)c1cc(Br)c(F)cc1N1CC(S(=O)(=O)F)CC1=O. The van der Waals surface area contributed by atoms with Crippen molar-refractivity contribution in [1.82, 2.24) is 0 Å². The summed E-state index contributed by atoms with van der Waals surface area (Å²) in [6.07, 6.45) is -0.616. The van der Waals surface area contributed by atoms with E-state index in [0.717, 1.165) is 17.0 Å². The molecule has 1 atom stereocenters. The first kappa shape index (κ1) is 15.8. The van der Waals surface area contributed by atoms with Crippen LogP contribution in [0, 0.1) is 5.82 Å². The Balaban J connectivity index is 2.50. The van der Waals surface area contributed by atoms with Gasteiger partial charge < -0.3 is 10.0 Å². The van der Waals surface area contributed by atoms with Crippen LogP contribution in [-0.4, -0.2) is 37.2 Å². The van der Waals surface area contributed by atoms with Crippen molar-refractivity contribution < 1.29 is 31.4 Å². The molecule has 1 heterocycles. The quantitative estimate of drug-likeness (QED) is 0.801. The zero-order valence-electron chi connectivity index (χ0n) is 10.2. The number of carboxylic acid groups (broad SMARTS) is 1. The number of carbonyl (C=O) groups is 2. The highest BCUT2D eigenvalue weighted by atomic mass is 79.9. The molecule has 1 N–H and O–H groups in total. The van der Waals surface area contributed by atoms with Gasteiger partial charge in [0.15, 0.2) is 0 Å². The van der Waals surface area contributed by atoms with E-state index in [0.29, 0.717) is 0 Å². The van der Waals surface area contributed by atoms with Gasteiger partial charge >= 0.3 is 16.2 Å². The lowest BCUT2D eigenvalue weighted by molar-refractivity contribution is -0.117. The molecule has 0 aliphatic carbocycles. The molecule has 1 unspecified atom stereocenters. The average Bonchev–Trinajstić information content (AvgIpc) is 2.74. The number of rotatable bonds is 3. The van der Waals surface area contributed by atoms with Crippen LogP contribution in [-0.2, 0) is 15.0 Å². The first-order valence-electron chi connectivity index (χ1n) is 5.57. The lowest BCUT2D eigenvalue weighted by Crippen LogP contribution is -2.28. The van der Waals surface area contributed by atoms with Crippen molar-refractivity contribution in [1.29, 1.82) is 0 Å². The summed E-state index contributed by atoms with van der Waals surface area (Å²) in [4.78, 5) is 23.7. The first-order chi connectivity index (χ1) is 9.61. The summed E-state index contributed by atoms with van der Waals surface area (Å²) in [6, 6.07) is 1.75. The average molecular weight is 384 g/mol. The maximum absolute atomic E-state index is 13.6. The summed E-state index contributed by atoms with van der Waals surface area (Å²) < 4.78 is 48.1. The second-order valence-electron chi connectivity index (χ2n) is 4.39. The maximum Gasteiger partial charge on any atom is 0.337 e. The lowest BCUT2D eigenvalue weighted by Gasteiger charge is -2.19. The molecule has 2 rings (SSSR count). The molecule has 1 aliphatic heterocycles. The van der Waals surface area contributed by atoms with E-state index < -0.39 is 51.7 Å². The van der Waals surface area contributed by atoms with Gasteiger partial charge in [0.1, 0.15) is 11.1 Å². The van der Waals surface area contributed by atoms with Gasteiger partial charge in [0.2, 0.25) is 5.91 Å². The number of nitrogens with zero attached hydrogens (tertiary/aromatic N) is 1. The molecule has 1 aromatic rings. The predicted molar refractivity (Wildman–Crippen MR) is 71.8 cm³/mol. The lowest BCUT2D eigenvalue weighted by atomic mass is 10.1. The van der Waals surface area contributed by atoms with Gasteiger partial charge in [-0.15, -0.1) is 3.89 Å². The number of carbonyl (C=O) groups excluding carboxylic acids is 1.